The molecular weight excluding hydrogens is 294 g/mol. The molecular formula is C17H19N3OS. The first-order valence-electron chi connectivity index (χ1n) is 7.77. The van der Waals surface area contributed by atoms with Crippen molar-refractivity contribution in [3.8, 4) is 0 Å². The Morgan fingerprint density at radius 3 is 3.00 bits per heavy atom. The molecule has 0 spiro atoms. The molecule has 2 bridgehead atoms. The highest BCUT2D eigenvalue weighted by Gasteiger charge is 2.44. The van der Waals surface area contributed by atoms with Crippen molar-refractivity contribution >= 4 is 17.2 Å². The molecule has 0 aromatic carbocycles. The van der Waals surface area contributed by atoms with Crippen LogP contribution in [0.4, 0.5) is 0 Å². The van der Waals surface area contributed by atoms with Crippen LogP contribution in [-0.2, 0) is 6.54 Å². The van der Waals surface area contributed by atoms with Gasteiger partial charge in [-0.15, -0.1) is 11.3 Å². The van der Waals surface area contributed by atoms with Crippen molar-refractivity contribution in [2.45, 2.75) is 31.5 Å². The summed E-state index contributed by atoms with van der Waals surface area (Å²) in [5, 5.41) is 5.18. The van der Waals surface area contributed by atoms with Crippen LogP contribution in [0.5, 0.6) is 0 Å². The van der Waals surface area contributed by atoms with Gasteiger partial charge in [0, 0.05) is 37.6 Å². The van der Waals surface area contributed by atoms with Crippen molar-refractivity contribution < 1.29 is 4.79 Å². The fourth-order valence-corrected chi connectivity index (χ4v) is 4.42. The first kappa shape index (κ1) is 13.9. The number of carbonyl (C=O) groups is 1. The van der Waals surface area contributed by atoms with E-state index in [4.69, 9.17) is 0 Å². The van der Waals surface area contributed by atoms with Crippen LogP contribution in [0.3, 0.4) is 0 Å². The number of nitrogens with zero attached hydrogens (tertiary/aromatic N) is 2. The number of aromatic nitrogens is 1. The molecule has 22 heavy (non-hydrogen) atoms. The number of nitrogens with one attached hydrogen (secondary N) is 1. The minimum Gasteiger partial charge on any atom is -0.348 e. The molecule has 4 nitrogen and oxygen atoms in total. The Labute approximate surface area is 134 Å². The number of hydrogen-bond acceptors (Lipinski definition) is 4. The van der Waals surface area contributed by atoms with Crippen LogP contribution >= 0.6 is 11.3 Å². The molecule has 114 valence electrons. The van der Waals surface area contributed by atoms with Gasteiger partial charge in [-0.2, -0.15) is 0 Å². The Bertz CT molecular complexity index is 643. The first-order valence-corrected chi connectivity index (χ1v) is 8.65. The zero-order chi connectivity index (χ0) is 14.9. The zero-order valence-corrected chi connectivity index (χ0v) is 13.1. The second kappa shape index (κ2) is 5.82. The summed E-state index contributed by atoms with van der Waals surface area (Å²) in [5.41, 5.74) is 1.27. The molecule has 1 saturated heterocycles. The van der Waals surface area contributed by atoms with E-state index >= 15 is 0 Å². The van der Waals surface area contributed by atoms with Gasteiger partial charge in [0.15, 0.2) is 0 Å². The second-order valence-electron chi connectivity index (χ2n) is 6.23. The lowest BCUT2D eigenvalue weighted by atomic mass is 10.0. The van der Waals surface area contributed by atoms with E-state index in [0.717, 1.165) is 24.4 Å². The lowest BCUT2D eigenvalue weighted by Crippen LogP contribution is -2.45. The highest BCUT2D eigenvalue weighted by molar-refractivity contribution is 7.12. The third-order valence-electron chi connectivity index (χ3n) is 4.83. The molecule has 1 amide bonds. The van der Waals surface area contributed by atoms with Crippen LogP contribution in [0, 0.1) is 5.92 Å². The van der Waals surface area contributed by atoms with Crippen molar-refractivity contribution in [3.05, 3.63) is 52.5 Å². The van der Waals surface area contributed by atoms with Crippen LogP contribution in [-0.4, -0.2) is 34.4 Å². The molecule has 1 N–H and O–H groups in total. The average molecular weight is 313 g/mol. The fourth-order valence-electron chi connectivity index (χ4n) is 3.79. The van der Waals surface area contributed by atoms with Gasteiger partial charge in [-0.05, 0) is 41.8 Å². The maximum atomic E-state index is 12.2. The molecule has 0 radical (unpaired) electrons. The van der Waals surface area contributed by atoms with E-state index in [1.807, 2.05) is 36.0 Å². The minimum absolute atomic E-state index is 0.0892. The lowest BCUT2D eigenvalue weighted by Gasteiger charge is -2.31. The molecule has 2 aliphatic rings. The number of thiophene rings is 1. The number of rotatable bonds is 4. The Hall–Kier alpha value is -1.72. The molecule has 5 heteroatoms. The number of fused-ring (bicyclic) bond motifs is 2. The quantitative estimate of drug-likeness (QED) is 0.943. The number of hydrogen-bond donors (Lipinski definition) is 1. The minimum atomic E-state index is 0.0892. The third-order valence-corrected chi connectivity index (χ3v) is 5.69. The summed E-state index contributed by atoms with van der Waals surface area (Å²) in [7, 11) is 0. The van der Waals surface area contributed by atoms with Gasteiger partial charge in [-0.25, -0.2) is 0 Å². The number of likely N-dealkylation sites (tertiary alicyclic amines) is 1. The molecule has 3 atom stereocenters. The summed E-state index contributed by atoms with van der Waals surface area (Å²) in [6, 6.07) is 8.88. The highest BCUT2D eigenvalue weighted by Crippen LogP contribution is 2.38. The van der Waals surface area contributed by atoms with Gasteiger partial charge in [-0.3, -0.25) is 14.7 Å². The SMILES string of the molecule is O=C(NC1CC2CC1CN2Cc1cccnc1)c1cccs1. The molecule has 3 unspecified atom stereocenters. The Kier molecular flexibility index (Phi) is 3.68. The predicted molar refractivity (Wildman–Crippen MR) is 86.7 cm³/mol. The molecule has 1 aliphatic heterocycles. The van der Waals surface area contributed by atoms with Gasteiger partial charge in [0.1, 0.15) is 0 Å². The van der Waals surface area contributed by atoms with Crippen LogP contribution < -0.4 is 5.32 Å². The van der Waals surface area contributed by atoms with E-state index in [-0.39, 0.29) is 5.91 Å². The monoisotopic (exact) mass is 313 g/mol. The van der Waals surface area contributed by atoms with Gasteiger partial charge < -0.3 is 5.32 Å². The van der Waals surface area contributed by atoms with Gasteiger partial charge >= 0.3 is 0 Å². The third kappa shape index (κ3) is 2.66. The number of amides is 1. The van der Waals surface area contributed by atoms with Crippen molar-refractivity contribution in [1.82, 2.24) is 15.2 Å². The maximum Gasteiger partial charge on any atom is 0.261 e. The van der Waals surface area contributed by atoms with Gasteiger partial charge in [0.25, 0.3) is 5.91 Å². The van der Waals surface area contributed by atoms with Crippen LogP contribution in [0.25, 0.3) is 0 Å². The molecule has 1 aliphatic carbocycles. The van der Waals surface area contributed by atoms with Gasteiger partial charge in [0.05, 0.1) is 4.88 Å². The second-order valence-corrected chi connectivity index (χ2v) is 7.18. The Morgan fingerprint density at radius 1 is 1.36 bits per heavy atom. The largest absolute Gasteiger partial charge is 0.348 e. The van der Waals surface area contributed by atoms with E-state index in [1.54, 1.807) is 0 Å². The Balaban J connectivity index is 1.35. The maximum absolute atomic E-state index is 12.2. The average Bonchev–Trinajstić information content (AvgIpc) is 3.24. The highest BCUT2D eigenvalue weighted by atomic mass is 32.1. The molecule has 3 heterocycles. The smallest absolute Gasteiger partial charge is 0.261 e. The van der Waals surface area contributed by atoms with Crippen molar-refractivity contribution in [3.63, 3.8) is 0 Å². The standard InChI is InChI=1S/C17H19N3OS/c21-17(16-4-2-6-22-16)19-15-8-14-7-13(15)11-20(14)10-12-3-1-5-18-9-12/h1-6,9,13-15H,7-8,10-11H2,(H,19,21). The zero-order valence-electron chi connectivity index (χ0n) is 12.3. The summed E-state index contributed by atoms with van der Waals surface area (Å²) in [5.74, 6) is 0.678. The predicted octanol–water partition coefficient (Wildman–Crippen LogP) is 2.54. The fraction of sp³-hybridized carbons (Fsp3) is 0.412. The summed E-state index contributed by atoms with van der Waals surface area (Å²) in [4.78, 5) is 19.7. The molecule has 4 rings (SSSR count). The van der Waals surface area contributed by atoms with E-state index in [9.17, 15) is 4.79 Å². The number of pyridine rings is 1. The van der Waals surface area contributed by atoms with E-state index < -0.39 is 0 Å². The normalized spacial score (nSPS) is 27.2. The van der Waals surface area contributed by atoms with Crippen LogP contribution in [0.15, 0.2) is 42.0 Å². The summed E-state index contributed by atoms with van der Waals surface area (Å²) in [6.45, 7) is 2.05. The van der Waals surface area contributed by atoms with E-state index in [2.05, 4.69) is 21.3 Å². The van der Waals surface area contributed by atoms with Crippen molar-refractivity contribution in [2.24, 2.45) is 5.92 Å². The van der Waals surface area contributed by atoms with Crippen molar-refractivity contribution in [2.75, 3.05) is 6.54 Å². The molecule has 1 saturated carbocycles. The number of carbonyl (C=O) groups excluding carboxylic acids is 1. The van der Waals surface area contributed by atoms with E-state index in [1.165, 1.54) is 23.3 Å². The topological polar surface area (TPSA) is 45.2 Å². The van der Waals surface area contributed by atoms with Gasteiger partial charge in [-0.1, -0.05) is 12.1 Å². The summed E-state index contributed by atoms with van der Waals surface area (Å²) >= 11 is 1.51. The summed E-state index contributed by atoms with van der Waals surface area (Å²) in [6.07, 6.45) is 6.04. The van der Waals surface area contributed by atoms with Gasteiger partial charge in [0.2, 0.25) is 0 Å². The van der Waals surface area contributed by atoms with E-state index in [0.29, 0.717) is 18.0 Å². The van der Waals surface area contributed by atoms with Crippen LogP contribution in [0.1, 0.15) is 28.1 Å². The molecule has 2 fully saturated rings. The molecule has 2 aromatic heterocycles. The Morgan fingerprint density at radius 2 is 2.32 bits per heavy atom. The number of piperidine rings is 1. The lowest BCUT2D eigenvalue weighted by molar-refractivity contribution is 0.0908. The first-order chi connectivity index (χ1) is 10.8. The van der Waals surface area contributed by atoms with Crippen molar-refractivity contribution in [1.29, 1.82) is 0 Å². The van der Waals surface area contributed by atoms with Crippen LogP contribution in [0.2, 0.25) is 0 Å². The molecule has 2 aromatic rings. The summed E-state index contributed by atoms with van der Waals surface area (Å²) < 4.78 is 0.